The van der Waals surface area contributed by atoms with Crippen LogP contribution in [0.25, 0.3) is 0 Å². The van der Waals surface area contributed by atoms with Crippen molar-refractivity contribution in [3.63, 3.8) is 0 Å². The SMILES string of the molecule is C=C(/N=C/c1cc(I)ccc1F)O[Si](C)(C)C. The molecule has 0 radical (unpaired) electrons. The molecule has 0 bridgehead atoms. The zero-order valence-electron chi connectivity index (χ0n) is 10.1. The maximum atomic E-state index is 13.4. The van der Waals surface area contributed by atoms with E-state index in [4.69, 9.17) is 4.43 Å². The van der Waals surface area contributed by atoms with Crippen molar-refractivity contribution in [2.24, 2.45) is 4.99 Å². The van der Waals surface area contributed by atoms with Gasteiger partial charge in [-0.1, -0.05) is 0 Å². The van der Waals surface area contributed by atoms with E-state index in [9.17, 15) is 4.39 Å². The van der Waals surface area contributed by atoms with E-state index >= 15 is 0 Å². The molecule has 1 aromatic carbocycles. The summed E-state index contributed by atoms with van der Waals surface area (Å²) >= 11 is 2.13. The van der Waals surface area contributed by atoms with Crippen LogP contribution in [0.2, 0.25) is 19.6 Å². The van der Waals surface area contributed by atoms with E-state index in [0.29, 0.717) is 11.4 Å². The molecule has 0 aliphatic carbocycles. The Morgan fingerprint density at radius 3 is 2.71 bits per heavy atom. The van der Waals surface area contributed by atoms with Crippen LogP contribution in [0.4, 0.5) is 4.39 Å². The normalized spacial score (nSPS) is 11.8. The lowest BCUT2D eigenvalue weighted by Gasteiger charge is -2.17. The van der Waals surface area contributed by atoms with Gasteiger partial charge in [-0.15, -0.1) is 0 Å². The highest BCUT2D eigenvalue weighted by molar-refractivity contribution is 14.1. The van der Waals surface area contributed by atoms with Gasteiger partial charge < -0.3 is 4.43 Å². The Morgan fingerprint density at radius 1 is 1.47 bits per heavy atom. The zero-order chi connectivity index (χ0) is 13.1. The van der Waals surface area contributed by atoms with E-state index in [0.717, 1.165) is 3.57 Å². The van der Waals surface area contributed by atoms with Gasteiger partial charge in [0.15, 0.2) is 5.88 Å². The van der Waals surface area contributed by atoms with Gasteiger partial charge in [0.1, 0.15) is 5.82 Å². The summed E-state index contributed by atoms with van der Waals surface area (Å²) in [6.45, 7) is 9.82. The van der Waals surface area contributed by atoms with Gasteiger partial charge in [0.25, 0.3) is 0 Å². The summed E-state index contributed by atoms with van der Waals surface area (Å²) in [6, 6.07) is 4.85. The van der Waals surface area contributed by atoms with Crippen molar-refractivity contribution >= 4 is 37.1 Å². The first-order chi connectivity index (χ1) is 7.78. The molecule has 5 heteroatoms. The van der Waals surface area contributed by atoms with Crippen LogP contribution in [0, 0.1) is 9.39 Å². The first-order valence-corrected chi connectivity index (χ1v) is 9.64. The highest BCUT2D eigenvalue weighted by atomic mass is 127. The molecule has 17 heavy (non-hydrogen) atoms. The van der Waals surface area contributed by atoms with Gasteiger partial charge in [-0.05, 0) is 67.0 Å². The second-order valence-electron chi connectivity index (χ2n) is 4.53. The highest BCUT2D eigenvalue weighted by Crippen LogP contribution is 2.13. The largest absolute Gasteiger partial charge is 0.532 e. The Balaban J connectivity index is 2.77. The third-order valence-corrected chi connectivity index (χ3v) is 3.25. The molecular formula is C12H15FINOSi. The molecule has 1 rings (SSSR count). The third-order valence-electron chi connectivity index (χ3n) is 1.73. The van der Waals surface area contributed by atoms with Gasteiger partial charge >= 0.3 is 0 Å². The van der Waals surface area contributed by atoms with Crippen LogP contribution >= 0.6 is 22.6 Å². The fraction of sp³-hybridized carbons (Fsp3) is 0.250. The predicted molar refractivity (Wildman–Crippen MR) is 80.3 cm³/mol. The molecule has 0 amide bonds. The third kappa shape index (κ3) is 5.45. The standard InChI is InChI=1S/C12H15FINOSi/c1-9(16-17(2,3)4)15-8-10-7-11(14)5-6-12(10)13/h5-8H,1H2,2-4H3/b15-8+. The minimum Gasteiger partial charge on any atom is -0.532 e. The lowest BCUT2D eigenvalue weighted by Crippen LogP contribution is -2.24. The van der Waals surface area contributed by atoms with Crippen molar-refractivity contribution in [2.45, 2.75) is 19.6 Å². The van der Waals surface area contributed by atoms with Crippen molar-refractivity contribution in [3.8, 4) is 0 Å². The fourth-order valence-corrected chi connectivity index (χ4v) is 2.41. The molecule has 92 valence electrons. The molecule has 0 atom stereocenters. The number of halogens is 2. The summed E-state index contributed by atoms with van der Waals surface area (Å²) in [6.07, 6.45) is 1.44. The fourth-order valence-electron chi connectivity index (χ4n) is 1.13. The molecule has 0 aromatic heterocycles. The predicted octanol–water partition coefficient (Wildman–Crippen LogP) is 4.17. The van der Waals surface area contributed by atoms with Crippen molar-refractivity contribution in [3.05, 3.63) is 45.6 Å². The van der Waals surface area contributed by atoms with Crippen LogP contribution in [-0.4, -0.2) is 14.5 Å². The molecule has 0 aliphatic rings. The van der Waals surface area contributed by atoms with E-state index in [2.05, 4.69) is 34.2 Å². The number of benzene rings is 1. The zero-order valence-corrected chi connectivity index (χ0v) is 13.3. The van der Waals surface area contributed by atoms with Crippen molar-refractivity contribution in [2.75, 3.05) is 0 Å². The Labute approximate surface area is 116 Å². The van der Waals surface area contributed by atoms with Crippen LogP contribution in [-0.2, 0) is 4.43 Å². The number of rotatable bonds is 4. The van der Waals surface area contributed by atoms with Gasteiger partial charge in [-0.2, -0.15) is 0 Å². The summed E-state index contributed by atoms with van der Waals surface area (Å²) in [7, 11) is -1.69. The van der Waals surface area contributed by atoms with E-state index in [1.807, 2.05) is 19.6 Å². The number of aliphatic imine (C=N–C) groups is 1. The van der Waals surface area contributed by atoms with Gasteiger partial charge in [0, 0.05) is 15.3 Å². The monoisotopic (exact) mass is 363 g/mol. The molecule has 1 aromatic rings. The maximum absolute atomic E-state index is 13.4. The number of nitrogens with zero attached hydrogens (tertiary/aromatic N) is 1. The van der Waals surface area contributed by atoms with E-state index < -0.39 is 8.32 Å². The van der Waals surface area contributed by atoms with E-state index in [1.54, 1.807) is 12.1 Å². The summed E-state index contributed by atoms with van der Waals surface area (Å²) in [5, 5.41) is 0. The van der Waals surface area contributed by atoms with Gasteiger partial charge in [0.05, 0.1) is 0 Å². The van der Waals surface area contributed by atoms with Gasteiger partial charge in [-0.25, -0.2) is 9.38 Å². The smallest absolute Gasteiger partial charge is 0.244 e. The Kier molecular flexibility index (Phi) is 4.87. The van der Waals surface area contributed by atoms with Crippen molar-refractivity contribution in [1.82, 2.24) is 0 Å². The van der Waals surface area contributed by atoms with E-state index in [1.165, 1.54) is 12.3 Å². The van der Waals surface area contributed by atoms with Crippen LogP contribution in [0.1, 0.15) is 5.56 Å². The van der Waals surface area contributed by atoms with Crippen LogP contribution in [0.5, 0.6) is 0 Å². The second kappa shape index (κ2) is 5.77. The van der Waals surface area contributed by atoms with Crippen LogP contribution in [0.3, 0.4) is 0 Å². The molecule has 0 saturated carbocycles. The quantitative estimate of drug-likeness (QED) is 0.341. The molecule has 2 nitrogen and oxygen atoms in total. The second-order valence-corrected chi connectivity index (χ2v) is 10.2. The maximum Gasteiger partial charge on any atom is 0.244 e. The minimum absolute atomic E-state index is 0.296. The molecule has 0 aliphatic heterocycles. The lowest BCUT2D eigenvalue weighted by atomic mass is 10.2. The lowest BCUT2D eigenvalue weighted by molar-refractivity contribution is 0.421. The first-order valence-electron chi connectivity index (χ1n) is 5.15. The molecule has 0 spiro atoms. The molecule has 0 heterocycles. The first kappa shape index (κ1) is 14.4. The van der Waals surface area contributed by atoms with Crippen LogP contribution in [0.15, 0.2) is 35.7 Å². The van der Waals surface area contributed by atoms with Crippen LogP contribution < -0.4 is 0 Å². The Bertz CT molecular complexity index is 454. The molecule has 0 saturated heterocycles. The minimum atomic E-state index is -1.69. The molecule has 0 N–H and O–H groups in total. The summed E-state index contributed by atoms with van der Waals surface area (Å²) in [4.78, 5) is 4.03. The Hall–Kier alpha value is -0.693. The highest BCUT2D eigenvalue weighted by Gasteiger charge is 2.16. The molecule has 0 fully saturated rings. The molecular weight excluding hydrogens is 348 g/mol. The number of hydrogen-bond acceptors (Lipinski definition) is 2. The summed E-state index contributed by atoms with van der Waals surface area (Å²) in [5.41, 5.74) is 0.442. The van der Waals surface area contributed by atoms with Crippen molar-refractivity contribution in [1.29, 1.82) is 0 Å². The summed E-state index contributed by atoms with van der Waals surface area (Å²) in [5.74, 6) is 0.0393. The van der Waals surface area contributed by atoms with Gasteiger partial charge in [0.2, 0.25) is 8.32 Å². The Morgan fingerprint density at radius 2 is 2.12 bits per heavy atom. The molecule has 0 unspecified atom stereocenters. The number of hydrogen-bond donors (Lipinski definition) is 0. The average Bonchev–Trinajstić information content (AvgIpc) is 2.17. The average molecular weight is 363 g/mol. The topological polar surface area (TPSA) is 21.6 Å². The van der Waals surface area contributed by atoms with Gasteiger partial charge in [-0.3, -0.25) is 0 Å². The van der Waals surface area contributed by atoms with E-state index in [-0.39, 0.29) is 5.82 Å². The summed E-state index contributed by atoms with van der Waals surface area (Å²) < 4.78 is 19.9. The van der Waals surface area contributed by atoms with Crippen molar-refractivity contribution < 1.29 is 8.82 Å².